The molecule has 0 radical (unpaired) electrons. The maximum atomic E-state index is 8.88. The van der Waals surface area contributed by atoms with E-state index in [0.717, 1.165) is 11.3 Å². The van der Waals surface area contributed by atoms with E-state index < -0.39 is 7.82 Å². The summed E-state index contributed by atoms with van der Waals surface area (Å²) in [6.07, 6.45) is 5.34. The van der Waals surface area contributed by atoms with E-state index >= 15 is 0 Å². The van der Waals surface area contributed by atoms with Gasteiger partial charge in [0.25, 0.3) is 0 Å². The number of hydrogen-bond acceptors (Lipinski definition) is 3. The summed E-state index contributed by atoms with van der Waals surface area (Å²) in [6.45, 7) is 0.652. The Morgan fingerprint density at radius 2 is 2.00 bits per heavy atom. The molecule has 0 amide bonds. The zero-order valence-corrected chi connectivity index (χ0v) is 9.04. The van der Waals surface area contributed by atoms with Crippen molar-refractivity contribution in [3.05, 3.63) is 35.8 Å². The van der Waals surface area contributed by atoms with Crippen molar-refractivity contribution in [1.29, 1.82) is 0 Å². The Balaban J connectivity index is 0.000000330. The Morgan fingerprint density at radius 1 is 1.38 bits per heavy atom. The molecule has 2 heterocycles. The van der Waals surface area contributed by atoms with E-state index in [1.165, 1.54) is 0 Å². The van der Waals surface area contributed by atoms with Gasteiger partial charge in [0.05, 0.1) is 12.0 Å². The molecular weight excluding hydrogens is 237 g/mol. The summed E-state index contributed by atoms with van der Waals surface area (Å²) < 4.78 is 14.0. The summed E-state index contributed by atoms with van der Waals surface area (Å²) in [6, 6.07) is 3.94. The maximum absolute atomic E-state index is 8.88. The van der Waals surface area contributed by atoms with Gasteiger partial charge in [0.15, 0.2) is 0 Å². The quantitative estimate of drug-likeness (QED) is 0.547. The summed E-state index contributed by atoms with van der Waals surface area (Å²) in [5, 5.41) is 0. The smallest absolute Gasteiger partial charge is 0.466 e. The number of phosphoric acid groups is 1. The molecule has 0 aromatic carbocycles. The molecule has 16 heavy (non-hydrogen) atoms. The molecule has 1 aromatic rings. The van der Waals surface area contributed by atoms with Gasteiger partial charge in [-0.2, -0.15) is 0 Å². The predicted octanol–water partition coefficient (Wildman–Crippen LogP) is -0.171. The summed E-state index contributed by atoms with van der Waals surface area (Å²) in [4.78, 5) is 25.7. The molecule has 0 bridgehead atoms. The molecule has 1 aliphatic heterocycles. The Kier molecular flexibility index (Phi) is 5.87. The lowest BCUT2D eigenvalue weighted by atomic mass is 10.2. The van der Waals surface area contributed by atoms with Gasteiger partial charge < -0.3 is 24.9 Å². The van der Waals surface area contributed by atoms with Crippen LogP contribution in [-0.4, -0.2) is 25.1 Å². The molecule has 0 fully saturated rings. The van der Waals surface area contributed by atoms with Crippen molar-refractivity contribution in [3.63, 3.8) is 0 Å². The van der Waals surface area contributed by atoms with Crippen LogP contribution in [0.4, 0.5) is 0 Å². The Labute approximate surface area is 91.6 Å². The normalized spacial score (nSPS) is 12.4. The first kappa shape index (κ1) is 14.8. The number of fused-ring (bicyclic) bond motifs is 1. The molecule has 7 nitrogen and oxygen atoms in total. The number of hydrogen-bond donors (Lipinski definition) is 3. The number of aromatic nitrogens is 1. The van der Waals surface area contributed by atoms with Gasteiger partial charge in [-0.25, -0.2) is 4.57 Å². The van der Waals surface area contributed by atoms with Crippen LogP contribution < -0.4 is 0 Å². The third-order valence-corrected chi connectivity index (χ3v) is 1.49. The van der Waals surface area contributed by atoms with E-state index in [-0.39, 0.29) is 5.48 Å². The van der Waals surface area contributed by atoms with Crippen molar-refractivity contribution < 1.29 is 29.5 Å². The van der Waals surface area contributed by atoms with Crippen LogP contribution in [0.1, 0.15) is 11.3 Å². The first-order valence-corrected chi connectivity index (χ1v) is 5.53. The van der Waals surface area contributed by atoms with E-state index in [0.29, 0.717) is 6.61 Å². The Hall–Kier alpha value is -1.24. The van der Waals surface area contributed by atoms with Crippen molar-refractivity contribution in [2.45, 2.75) is 6.61 Å². The van der Waals surface area contributed by atoms with Gasteiger partial charge in [-0.15, -0.1) is 0 Å². The number of pyridine rings is 1. The summed E-state index contributed by atoms with van der Waals surface area (Å²) in [5.41, 5.74) is 2.18. The lowest BCUT2D eigenvalue weighted by Gasteiger charge is -2.08. The first-order valence-electron chi connectivity index (χ1n) is 3.97. The second-order valence-corrected chi connectivity index (χ2v) is 3.70. The number of rotatable bonds is 0. The van der Waals surface area contributed by atoms with E-state index in [4.69, 9.17) is 24.0 Å². The fourth-order valence-corrected chi connectivity index (χ4v) is 0.973. The van der Waals surface area contributed by atoms with Gasteiger partial charge in [-0.1, -0.05) is 6.07 Å². The van der Waals surface area contributed by atoms with Crippen LogP contribution in [0, 0.1) is 0 Å². The minimum absolute atomic E-state index is 0. The molecule has 1 aliphatic rings. The lowest BCUT2D eigenvalue weighted by molar-refractivity contribution is 0.234. The molecule has 0 spiro atoms. The molecule has 90 valence electrons. The van der Waals surface area contributed by atoms with Crippen molar-refractivity contribution in [3.8, 4) is 0 Å². The minimum atomic E-state index is -4.64. The van der Waals surface area contributed by atoms with Crippen molar-refractivity contribution in [2.75, 3.05) is 0 Å². The van der Waals surface area contributed by atoms with Gasteiger partial charge in [0, 0.05) is 11.8 Å². The van der Waals surface area contributed by atoms with Gasteiger partial charge in [-0.05, 0) is 12.1 Å². The van der Waals surface area contributed by atoms with E-state index in [1.54, 1.807) is 12.5 Å². The van der Waals surface area contributed by atoms with Gasteiger partial charge in [0.2, 0.25) is 0 Å². The van der Waals surface area contributed by atoms with Crippen molar-refractivity contribution >= 4 is 13.9 Å². The minimum Gasteiger partial charge on any atom is -0.496 e. The fraction of sp³-hybridized carbons (Fsp3) is 0.125. The molecule has 1 aromatic heterocycles. The second-order valence-electron chi connectivity index (χ2n) is 2.67. The lowest BCUT2D eigenvalue weighted by Crippen LogP contribution is -1.97. The molecule has 0 unspecified atom stereocenters. The highest BCUT2D eigenvalue weighted by molar-refractivity contribution is 7.45. The molecule has 0 atom stereocenters. The second kappa shape index (κ2) is 6.37. The molecule has 0 aliphatic carbocycles. The van der Waals surface area contributed by atoms with Crippen LogP contribution in [0.25, 0.3) is 6.08 Å². The topological polar surface area (TPSA) is 131 Å². The fourth-order valence-electron chi connectivity index (χ4n) is 0.973. The van der Waals surface area contributed by atoms with Crippen LogP contribution in [0.3, 0.4) is 0 Å². The highest BCUT2D eigenvalue weighted by Crippen LogP contribution is 2.25. The van der Waals surface area contributed by atoms with E-state index in [9.17, 15) is 0 Å². The first-order chi connectivity index (χ1) is 6.97. The molecule has 5 N–H and O–H groups in total. The third-order valence-electron chi connectivity index (χ3n) is 1.49. The van der Waals surface area contributed by atoms with E-state index in [2.05, 4.69) is 4.98 Å². The summed E-state index contributed by atoms with van der Waals surface area (Å²) in [7, 11) is -4.64. The van der Waals surface area contributed by atoms with E-state index in [1.807, 2.05) is 18.2 Å². The number of ether oxygens (including phenoxy) is 1. The summed E-state index contributed by atoms with van der Waals surface area (Å²) in [5.74, 6) is 0. The molecule has 0 saturated heterocycles. The third kappa shape index (κ3) is 6.28. The molecule has 8 heteroatoms. The largest absolute Gasteiger partial charge is 0.496 e. The Morgan fingerprint density at radius 3 is 2.56 bits per heavy atom. The van der Waals surface area contributed by atoms with Crippen LogP contribution in [0.15, 0.2) is 24.6 Å². The van der Waals surface area contributed by atoms with Crippen LogP contribution >= 0.6 is 7.82 Å². The van der Waals surface area contributed by atoms with Crippen LogP contribution in [0.2, 0.25) is 0 Å². The highest BCUT2D eigenvalue weighted by Gasteiger charge is 2.02. The zero-order chi connectivity index (χ0) is 11.3. The highest BCUT2D eigenvalue weighted by atomic mass is 31.2. The van der Waals surface area contributed by atoms with Crippen LogP contribution in [-0.2, 0) is 15.9 Å². The summed E-state index contributed by atoms with van der Waals surface area (Å²) >= 11 is 0. The van der Waals surface area contributed by atoms with Crippen LogP contribution in [0.5, 0.6) is 0 Å². The molecule has 0 saturated carbocycles. The van der Waals surface area contributed by atoms with Gasteiger partial charge in [-0.3, -0.25) is 4.98 Å². The van der Waals surface area contributed by atoms with Crippen molar-refractivity contribution in [1.82, 2.24) is 4.98 Å². The zero-order valence-electron chi connectivity index (χ0n) is 8.15. The predicted molar refractivity (Wildman–Crippen MR) is 55.9 cm³/mol. The standard InChI is InChI=1S/C8H7NO.H3O4P.H2O/c1-2-7-6-10-5-3-8(7)9-4-1;1-5(2,3)4;/h1-5H,6H2;(H3,1,2,3,4);1H2. The molecule has 2 rings (SSSR count). The number of nitrogens with zero attached hydrogens (tertiary/aromatic N) is 1. The average molecular weight is 249 g/mol. The Bertz CT molecular complexity index is 393. The molecular formula is C8H12NO6P. The van der Waals surface area contributed by atoms with Gasteiger partial charge >= 0.3 is 7.82 Å². The van der Waals surface area contributed by atoms with Crippen molar-refractivity contribution in [2.24, 2.45) is 0 Å². The SMILES string of the molecule is C1=Cc2ncccc2CO1.O.O=P(O)(O)O. The van der Waals surface area contributed by atoms with Gasteiger partial charge in [0.1, 0.15) is 6.61 Å². The monoisotopic (exact) mass is 249 g/mol. The average Bonchev–Trinajstić information content (AvgIpc) is 2.16. The maximum Gasteiger partial charge on any atom is 0.466 e.